The van der Waals surface area contributed by atoms with E-state index in [-0.39, 0.29) is 30.1 Å². The third kappa shape index (κ3) is 4.24. The second-order valence-corrected chi connectivity index (χ2v) is 6.85. The van der Waals surface area contributed by atoms with Gasteiger partial charge in [0, 0.05) is 26.1 Å². The maximum atomic E-state index is 13.0. The molecule has 1 unspecified atom stereocenters. The number of hydrogen-bond acceptors (Lipinski definition) is 5. The summed E-state index contributed by atoms with van der Waals surface area (Å²) in [6, 6.07) is 3.12. The fourth-order valence-corrected chi connectivity index (χ4v) is 3.65. The van der Waals surface area contributed by atoms with Crippen molar-refractivity contribution in [3.05, 3.63) is 24.2 Å². The van der Waals surface area contributed by atoms with Crippen molar-refractivity contribution in [2.45, 2.75) is 31.8 Å². The number of nitrogens with one attached hydrogen (secondary N) is 2. The van der Waals surface area contributed by atoms with E-state index in [4.69, 9.17) is 4.42 Å². The minimum atomic E-state index is -0.711. The van der Waals surface area contributed by atoms with Gasteiger partial charge in [0.2, 0.25) is 17.7 Å². The minimum Gasteiger partial charge on any atom is -0.468 e. The largest absolute Gasteiger partial charge is 0.468 e. The molecule has 8 nitrogen and oxygen atoms in total. The fraction of sp³-hybridized carbons (Fsp3) is 0.611. The molecule has 2 fully saturated rings. The smallest absolute Gasteiger partial charge is 0.243 e. The molecule has 2 aliphatic heterocycles. The monoisotopic (exact) mass is 362 g/mol. The van der Waals surface area contributed by atoms with Gasteiger partial charge in [-0.3, -0.25) is 19.3 Å². The standard InChI is InChI=1S/C18H26N4O4/c1-19-16(23)11-15-17(24)20-6-9-22(15)18(25)13-4-7-21(8-5-13)12-14-3-2-10-26-14/h2-3,10,13,15H,4-9,11-12H2,1H3,(H,19,23)(H,20,24). The predicted molar refractivity (Wildman–Crippen MR) is 93.9 cm³/mol. The molecule has 1 atom stereocenters. The number of piperidine rings is 1. The van der Waals surface area contributed by atoms with Crippen LogP contribution in [0.5, 0.6) is 0 Å². The predicted octanol–water partition coefficient (Wildman–Crippen LogP) is -0.0453. The molecule has 2 N–H and O–H groups in total. The maximum Gasteiger partial charge on any atom is 0.243 e. The molecule has 0 aromatic carbocycles. The molecular weight excluding hydrogens is 336 g/mol. The number of hydrogen-bond donors (Lipinski definition) is 2. The summed E-state index contributed by atoms with van der Waals surface area (Å²) in [5.74, 6) is 0.335. The van der Waals surface area contributed by atoms with Crippen LogP contribution in [0.15, 0.2) is 22.8 Å². The van der Waals surface area contributed by atoms with Crippen molar-refractivity contribution in [3.63, 3.8) is 0 Å². The summed E-state index contributed by atoms with van der Waals surface area (Å²) in [4.78, 5) is 40.7. The van der Waals surface area contributed by atoms with E-state index in [9.17, 15) is 14.4 Å². The van der Waals surface area contributed by atoms with E-state index in [0.29, 0.717) is 13.1 Å². The van der Waals surface area contributed by atoms with E-state index in [1.54, 1.807) is 11.2 Å². The number of amides is 3. The highest BCUT2D eigenvalue weighted by molar-refractivity contribution is 5.93. The van der Waals surface area contributed by atoms with E-state index in [1.807, 2.05) is 12.1 Å². The van der Waals surface area contributed by atoms with Gasteiger partial charge in [0.25, 0.3) is 0 Å². The molecule has 3 amide bonds. The maximum absolute atomic E-state index is 13.0. The summed E-state index contributed by atoms with van der Waals surface area (Å²) in [5, 5.41) is 5.28. The van der Waals surface area contributed by atoms with Crippen LogP contribution in [0.25, 0.3) is 0 Å². The average Bonchev–Trinajstić information content (AvgIpc) is 3.16. The number of likely N-dealkylation sites (tertiary alicyclic amines) is 1. The summed E-state index contributed by atoms with van der Waals surface area (Å²) < 4.78 is 5.38. The molecule has 0 bridgehead atoms. The Balaban J connectivity index is 1.57. The lowest BCUT2D eigenvalue weighted by Gasteiger charge is -2.39. The van der Waals surface area contributed by atoms with Crippen molar-refractivity contribution in [2.75, 3.05) is 33.2 Å². The number of rotatable bonds is 5. The van der Waals surface area contributed by atoms with Crippen molar-refractivity contribution in [2.24, 2.45) is 5.92 Å². The molecule has 0 saturated carbocycles. The van der Waals surface area contributed by atoms with Crippen molar-refractivity contribution >= 4 is 17.7 Å². The SMILES string of the molecule is CNC(=O)CC1C(=O)NCCN1C(=O)C1CCN(Cc2ccco2)CC1. The Morgan fingerprint density at radius 3 is 2.73 bits per heavy atom. The van der Waals surface area contributed by atoms with Gasteiger partial charge in [-0.1, -0.05) is 0 Å². The zero-order valence-corrected chi connectivity index (χ0v) is 15.1. The first-order valence-corrected chi connectivity index (χ1v) is 9.12. The summed E-state index contributed by atoms with van der Waals surface area (Å²) in [6.07, 6.45) is 3.18. The van der Waals surface area contributed by atoms with Gasteiger partial charge in [-0.05, 0) is 38.1 Å². The number of piperazine rings is 1. The molecule has 1 aromatic rings. The molecule has 2 saturated heterocycles. The Kier molecular flexibility index (Phi) is 5.92. The van der Waals surface area contributed by atoms with Crippen LogP contribution in [0.4, 0.5) is 0 Å². The van der Waals surface area contributed by atoms with E-state index < -0.39 is 6.04 Å². The highest BCUT2D eigenvalue weighted by Crippen LogP contribution is 2.23. The second kappa shape index (κ2) is 8.35. The molecule has 0 aliphatic carbocycles. The first kappa shape index (κ1) is 18.4. The Labute approximate surface area is 152 Å². The Bertz CT molecular complexity index is 638. The second-order valence-electron chi connectivity index (χ2n) is 6.85. The van der Waals surface area contributed by atoms with Crippen molar-refractivity contribution in [1.29, 1.82) is 0 Å². The van der Waals surface area contributed by atoms with Crippen molar-refractivity contribution in [3.8, 4) is 0 Å². The average molecular weight is 362 g/mol. The van der Waals surface area contributed by atoms with Gasteiger partial charge in [0.05, 0.1) is 19.2 Å². The minimum absolute atomic E-state index is 0.00537. The van der Waals surface area contributed by atoms with Crippen LogP contribution >= 0.6 is 0 Å². The topological polar surface area (TPSA) is 94.9 Å². The van der Waals surface area contributed by atoms with Crippen LogP contribution in [0.1, 0.15) is 25.0 Å². The molecule has 3 heterocycles. The van der Waals surface area contributed by atoms with Crippen LogP contribution in [0.3, 0.4) is 0 Å². The first-order valence-electron chi connectivity index (χ1n) is 9.12. The Morgan fingerprint density at radius 2 is 2.08 bits per heavy atom. The molecule has 8 heteroatoms. The van der Waals surface area contributed by atoms with Crippen LogP contribution in [0, 0.1) is 5.92 Å². The van der Waals surface area contributed by atoms with Gasteiger partial charge in [-0.15, -0.1) is 0 Å². The number of carbonyl (C=O) groups excluding carboxylic acids is 3. The van der Waals surface area contributed by atoms with Crippen molar-refractivity contribution < 1.29 is 18.8 Å². The van der Waals surface area contributed by atoms with E-state index in [0.717, 1.165) is 38.2 Å². The molecule has 3 rings (SSSR count). The lowest BCUT2D eigenvalue weighted by Crippen LogP contribution is -2.59. The molecule has 26 heavy (non-hydrogen) atoms. The number of nitrogens with zero attached hydrogens (tertiary/aromatic N) is 2. The van der Waals surface area contributed by atoms with Gasteiger partial charge < -0.3 is 20.0 Å². The van der Waals surface area contributed by atoms with Gasteiger partial charge >= 0.3 is 0 Å². The molecule has 0 radical (unpaired) electrons. The van der Waals surface area contributed by atoms with Crippen LogP contribution in [-0.2, 0) is 20.9 Å². The molecule has 0 spiro atoms. The summed E-state index contributed by atoms with van der Waals surface area (Å²) in [7, 11) is 1.53. The first-order chi connectivity index (χ1) is 12.6. The van der Waals surface area contributed by atoms with Crippen LogP contribution < -0.4 is 10.6 Å². The summed E-state index contributed by atoms with van der Waals surface area (Å²) >= 11 is 0. The van der Waals surface area contributed by atoms with E-state index in [1.165, 1.54) is 7.05 Å². The Hall–Kier alpha value is -2.35. The molecule has 1 aromatic heterocycles. The molecule has 142 valence electrons. The lowest BCUT2D eigenvalue weighted by molar-refractivity contribution is -0.148. The van der Waals surface area contributed by atoms with Gasteiger partial charge in [0.1, 0.15) is 11.8 Å². The number of carbonyl (C=O) groups is 3. The molecule has 2 aliphatic rings. The van der Waals surface area contributed by atoms with E-state index in [2.05, 4.69) is 15.5 Å². The summed E-state index contributed by atoms with van der Waals surface area (Å²) in [6.45, 7) is 3.28. The highest BCUT2D eigenvalue weighted by Gasteiger charge is 2.38. The quantitative estimate of drug-likeness (QED) is 0.766. The lowest BCUT2D eigenvalue weighted by atomic mass is 9.93. The fourth-order valence-electron chi connectivity index (χ4n) is 3.65. The van der Waals surface area contributed by atoms with Crippen LogP contribution in [0.2, 0.25) is 0 Å². The zero-order valence-electron chi connectivity index (χ0n) is 15.1. The van der Waals surface area contributed by atoms with Crippen molar-refractivity contribution in [1.82, 2.24) is 20.4 Å². The van der Waals surface area contributed by atoms with Gasteiger partial charge in [-0.25, -0.2) is 0 Å². The van der Waals surface area contributed by atoms with E-state index >= 15 is 0 Å². The van der Waals surface area contributed by atoms with Crippen LogP contribution in [-0.4, -0.2) is 66.8 Å². The molecular formula is C18H26N4O4. The van der Waals surface area contributed by atoms with Gasteiger partial charge in [0.15, 0.2) is 0 Å². The highest BCUT2D eigenvalue weighted by atomic mass is 16.3. The summed E-state index contributed by atoms with van der Waals surface area (Å²) in [5.41, 5.74) is 0. The normalized spacial score (nSPS) is 22.1. The third-order valence-electron chi connectivity index (χ3n) is 5.17. The zero-order chi connectivity index (χ0) is 18.5. The third-order valence-corrected chi connectivity index (χ3v) is 5.17. The number of furan rings is 1. The van der Waals surface area contributed by atoms with Gasteiger partial charge in [-0.2, -0.15) is 0 Å². The Morgan fingerprint density at radius 1 is 1.31 bits per heavy atom.